The molecule has 0 atom stereocenters. The van der Waals surface area contributed by atoms with E-state index in [1.807, 2.05) is 64.0 Å². The van der Waals surface area contributed by atoms with Crippen LogP contribution in [0.5, 0.6) is 0 Å². The number of aryl methyl sites for hydroxylation is 1. The van der Waals surface area contributed by atoms with Crippen molar-refractivity contribution < 1.29 is 32.0 Å². The Morgan fingerprint density at radius 2 is 1.08 bits per heavy atom. The molecule has 4 aromatic carbocycles. The van der Waals surface area contributed by atoms with Gasteiger partial charge in [0, 0.05) is 208 Å². The number of pyridine rings is 1. The van der Waals surface area contributed by atoms with Gasteiger partial charge in [-0.2, -0.15) is 4.31 Å². The average Bonchev–Trinajstić information content (AvgIpc) is 1.71. The highest BCUT2D eigenvalue weighted by Gasteiger charge is 2.28. The molecule has 15 rings (SSSR count). The minimum Gasteiger partial charge on any atom is -0.366 e. The zero-order valence-corrected chi connectivity index (χ0v) is 56.3. The SMILES string of the molecule is CC(=O)N1CC=C(c2c(C)[nH]c3ccccc23)CC1.CC(=O)N1CC=C(c2c[nH]c3ncccc23)CC1.CC(=O)N1CCN(c2c[nH]c3ccccc23)CC1.CC(C)C(=O)N1CCC(c2c[nH]c3ccccc23)CC1.CS(=O)(=O)N1CC=C(c2c[nH]c3cc(F)ccc23)CC1. The van der Waals surface area contributed by atoms with Crippen molar-refractivity contribution in [1.82, 2.24) is 53.8 Å². The maximum Gasteiger partial charge on any atom is 0.225 e. The number of amides is 4. The van der Waals surface area contributed by atoms with E-state index in [0.717, 1.165) is 118 Å². The number of piperazine rings is 1. The number of hydrogen-bond acceptors (Lipinski definition) is 8. The van der Waals surface area contributed by atoms with Gasteiger partial charge in [0.1, 0.15) is 11.5 Å². The predicted molar refractivity (Wildman–Crippen MR) is 381 cm³/mol. The van der Waals surface area contributed by atoms with Crippen LogP contribution in [0, 0.1) is 18.7 Å². The molecule has 0 bridgehead atoms. The maximum absolute atomic E-state index is 13.2. The van der Waals surface area contributed by atoms with Crippen LogP contribution in [-0.2, 0) is 29.2 Å². The number of H-pyrrole nitrogens is 5. The van der Waals surface area contributed by atoms with Crippen molar-refractivity contribution in [2.75, 3.05) is 89.7 Å². The van der Waals surface area contributed by atoms with Crippen LogP contribution >= 0.6 is 0 Å². The van der Waals surface area contributed by atoms with Gasteiger partial charge in [0.05, 0.1) is 11.9 Å². The van der Waals surface area contributed by atoms with Crippen molar-refractivity contribution in [2.45, 2.75) is 79.6 Å². The summed E-state index contributed by atoms with van der Waals surface area (Å²) in [6.45, 7) is 20.1. The lowest BCUT2D eigenvalue weighted by atomic mass is 9.89. The monoisotopic (exact) mass is 1300 g/mol. The number of aromatic amines is 5. The van der Waals surface area contributed by atoms with Gasteiger partial charge in [-0.15, -0.1) is 0 Å². The second-order valence-electron chi connectivity index (χ2n) is 25.4. The summed E-state index contributed by atoms with van der Waals surface area (Å²) in [4.78, 5) is 76.6. The number of nitrogens with zero attached hydrogens (tertiary/aromatic N) is 7. The highest BCUT2D eigenvalue weighted by atomic mass is 32.2. The Hall–Kier alpha value is -9.53. The molecule has 0 spiro atoms. The highest BCUT2D eigenvalue weighted by molar-refractivity contribution is 7.88. The van der Waals surface area contributed by atoms with Crippen LogP contribution in [0.1, 0.15) is 101 Å². The fourth-order valence-electron chi connectivity index (χ4n) is 13.6. The van der Waals surface area contributed by atoms with E-state index in [2.05, 4.69) is 139 Å². The number of rotatable bonds is 7. The van der Waals surface area contributed by atoms with Crippen LogP contribution in [0.2, 0.25) is 0 Å². The van der Waals surface area contributed by atoms with Crippen LogP contribution < -0.4 is 4.90 Å². The van der Waals surface area contributed by atoms with Crippen molar-refractivity contribution in [2.24, 2.45) is 5.92 Å². The van der Waals surface area contributed by atoms with Gasteiger partial charge in [0.25, 0.3) is 0 Å². The van der Waals surface area contributed by atoms with E-state index in [9.17, 15) is 32.0 Å². The number of aromatic nitrogens is 6. The van der Waals surface area contributed by atoms with E-state index in [0.29, 0.717) is 37.9 Å². The number of fused-ring (bicyclic) bond motifs is 5. The van der Waals surface area contributed by atoms with Gasteiger partial charge in [-0.05, 0) is 116 Å². The molecular weight excluding hydrogens is 1220 g/mol. The lowest BCUT2D eigenvalue weighted by Gasteiger charge is -2.35. The topological polar surface area (TPSA) is 214 Å². The summed E-state index contributed by atoms with van der Waals surface area (Å²) in [6, 6.07) is 33.9. The van der Waals surface area contributed by atoms with E-state index in [1.165, 1.54) is 94.6 Å². The van der Waals surface area contributed by atoms with Gasteiger partial charge in [0.2, 0.25) is 33.7 Å². The summed E-state index contributed by atoms with van der Waals surface area (Å²) in [6.07, 6.45) is 22.0. The first-order valence-electron chi connectivity index (χ1n) is 33.0. The number of carbonyl (C=O) groups is 4. The van der Waals surface area contributed by atoms with Crippen LogP contribution in [0.3, 0.4) is 0 Å². The maximum atomic E-state index is 13.2. The van der Waals surface area contributed by atoms with Crippen LogP contribution in [0.25, 0.3) is 71.4 Å². The second kappa shape index (κ2) is 29.8. The van der Waals surface area contributed by atoms with Crippen LogP contribution in [0.15, 0.2) is 152 Å². The zero-order chi connectivity index (χ0) is 66.9. The van der Waals surface area contributed by atoms with Gasteiger partial charge < -0.3 is 49.4 Å². The van der Waals surface area contributed by atoms with E-state index in [-0.39, 0.29) is 29.5 Å². The fourth-order valence-corrected chi connectivity index (χ4v) is 14.4. The number of piperidine rings is 1. The van der Waals surface area contributed by atoms with Crippen molar-refractivity contribution >= 4 is 111 Å². The molecule has 0 aliphatic carbocycles. The number of halogens is 1. The summed E-state index contributed by atoms with van der Waals surface area (Å²) < 4.78 is 37.6. The third kappa shape index (κ3) is 15.7. The molecule has 0 unspecified atom stereocenters. The van der Waals surface area contributed by atoms with E-state index < -0.39 is 10.0 Å². The summed E-state index contributed by atoms with van der Waals surface area (Å²) in [5.41, 5.74) is 16.4. The van der Waals surface area contributed by atoms with Crippen LogP contribution in [-0.4, -0.2) is 171 Å². The molecule has 20 heteroatoms. The Labute approximate surface area is 555 Å². The van der Waals surface area contributed by atoms with E-state index >= 15 is 0 Å². The largest absolute Gasteiger partial charge is 0.366 e. The van der Waals surface area contributed by atoms with Gasteiger partial charge in [0.15, 0.2) is 0 Å². The molecule has 10 aromatic rings. The zero-order valence-electron chi connectivity index (χ0n) is 55.5. The Kier molecular flexibility index (Phi) is 21.0. The number of benzene rings is 4. The molecule has 95 heavy (non-hydrogen) atoms. The first-order valence-corrected chi connectivity index (χ1v) is 34.9. The van der Waals surface area contributed by atoms with Crippen molar-refractivity contribution in [3.05, 3.63) is 186 Å². The van der Waals surface area contributed by atoms with Crippen molar-refractivity contribution in [1.29, 1.82) is 0 Å². The molecule has 18 nitrogen and oxygen atoms in total. The number of likely N-dealkylation sites (tertiary alicyclic amines) is 1. The molecule has 2 fully saturated rings. The normalized spacial score (nSPS) is 16.5. The fraction of sp³-hybridized carbons (Fsp3) is 0.347. The summed E-state index contributed by atoms with van der Waals surface area (Å²) in [5, 5.41) is 5.99. The summed E-state index contributed by atoms with van der Waals surface area (Å²) in [5.74, 6) is 1.18. The lowest BCUT2D eigenvalue weighted by Crippen LogP contribution is -2.48. The number of nitrogens with one attached hydrogen (secondary N) is 5. The Morgan fingerprint density at radius 1 is 0.537 bits per heavy atom. The summed E-state index contributed by atoms with van der Waals surface area (Å²) >= 11 is 0. The molecule has 4 amide bonds. The smallest absolute Gasteiger partial charge is 0.225 e. The standard InChI is InChI=1S/C17H22N2O.C16H18N2O.C14H15FN2O2S.C14H15N3O.C14H17N3O/c1-12(2)17(20)19-9-7-13(8-10-19)15-11-18-16-6-4-3-5-14(15)16;1-11-16(14-5-3-4-6-15(14)17-11)13-7-9-18(10-8-13)12(2)19;1-20(18,19)17-6-4-10(5-7-17)13-9-16-14-8-11(15)2-3-12(13)14;1-10(18)17-7-4-11(5-8-17)13-9-16-14-12(13)3-2-6-15-14;1-11(18)16-6-8-17(9-7-16)14-10-15-13-5-3-2-4-12(13)14/h3-6,11-13,18H,7-10H2,1-2H3;3-7,17H,8-10H2,1-2H3;2-4,8-9,16H,5-7H2,1H3;2-4,6,9H,5,7-8H2,1H3,(H,15,16);2-5,10,15H,6-9H2,1H3. The average molecular weight is 1300 g/mol. The molecule has 0 radical (unpaired) electrons. The number of carbonyl (C=O) groups excluding carboxylic acids is 4. The third-order valence-electron chi connectivity index (χ3n) is 18.9. The van der Waals surface area contributed by atoms with Crippen molar-refractivity contribution in [3.8, 4) is 0 Å². The molecule has 5 aliphatic heterocycles. The first kappa shape index (κ1) is 66.9. The van der Waals surface area contributed by atoms with Crippen LogP contribution in [0.4, 0.5) is 10.1 Å². The molecule has 5 aliphatic rings. The quantitative estimate of drug-likeness (QED) is 0.103. The van der Waals surface area contributed by atoms with Gasteiger partial charge in [-0.25, -0.2) is 17.8 Å². The highest BCUT2D eigenvalue weighted by Crippen LogP contribution is 2.36. The molecule has 0 saturated carbocycles. The second-order valence-corrected chi connectivity index (χ2v) is 27.4. The predicted octanol–water partition coefficient (Wildman–Crippen LogP) is 13.0. The Balaban J connectivity index is 0.000000121. The number of hydrogen-bond donors (Lipinski definition) is 5. The Bertz CT molecular complexity index is 4610. The third-order valence-corrected chi connectivity index (χ3v) is 20.2. The van der Waals surface area contributed by atoms with Gasteiger partial charge in [-0.3, -0.25) is 19.2 Å². The number of para-hydroxylation sites is 3. The number of sulfonamides is 1. The van der Waals surface area contributed by atoms with E-state index in [4.69, 9.17) is 0 Å². The molecule has 2 saturated heterocycles. The van der Waals surface area contributed by atoms with E-state index in [1.54, 1.807) is 33.0 Å². The van der Waals surface area contributed by atoms with Gasteiger partial charge >= 0.3 is 0 Å². The minimum absolute atomic E-state index is 0.111. The summed E-state index contributed by atoms with van der Waals surface area (Å²) in [7, 11) is -3.13. The number of anilines is 1. The molecule has 6 aromatic heterocycles. The first-order chi connectivity index (χ1) is 45.8. The molecule has 11 heterocycles. The Morgan fingerprint density at radius 3 is 1.69 bits per heavy atom. The lowest BCUT2D eigenvalue weighted by molar-refractivity contribution is -0.135. The van der Waals surface area contributed by atoms with Gasteiger partial charge in [-0.1, -0.05) is 86.7 Å². The minimum atomic E-state index is -3.13. The molecular formula is C75H87FN12O6S. The molecule has 496 valence electrons. The van der Waals surface area contributed by atoms with Crippen molar-refractivity contribution in [3.63, 3.8) is 0 Å². The molecule has 5 N–H and O–H groups in total.